The number of carbonyl (C=O) groups excluding carboxylic acids is 2. The van der Waals surface area contributed by atoms with Crippen molar-refractivity contribution in [1.29, 1.82) is 0 Å². The van der Waals surface area contributed by atoms with Crippen LogP contribution in [0.1, 0.15) is 33.3 Å². The molecule has 0 saturated carbocycles. The summed E-state index contributed by atoms with van der Waals surface area (Å²) in [6.07, 6.45) is -4.29. The number of nitrogens with zero attached hydrogens (tertiary/aromatic N) is 4. The number of hydrogen-bond donors (Lipinski definition) is 0. The van der Waals surface area contributed by atoms with Crippen LogP contribution < -0.4 is 9.80 Å². The number of hydrogen-bond acceptors (Lipinski definition) is 5. The number of amides is 2. The standard InChI is InChI=1S/C18H23F3N4O3/c1-5-24-12-8-11(18(19,20)21)9-22-14(12)25-7-6-23(10-13(25)15(24)26)16(27)28-17(2,3)4/h8-9,13H,5-7,10H2,1-4H3/t13-/m0/s1. The highest BCUT2D eigenvalue weighted by Gasteiger charge is 2.44. The lowest BCUT2D eigenvalue weighted by atomic mass is 10.0. The van der Waals surface area contributed by atoms with Crippen LogP contribution in [0.25, 0.3) is 0 Å². The fourth-order valence-electron chi connectivity index (χ4n) is 3.39. The molecule has 2 aliphatic heterocycles. The summed E-state index contributed by atoms with van der Waals surface area (Å²) >= 11 is 0. The van der Waals surface area contributed by atoms with E-state index in [9.17, 15) is 22.8 Å². The molecule has 1 atom stereocenters. The van der Waals surface area contributed by atoms with Crippen LogP contribution in [0.2, 0.25) is 0 Å². The van der Waals surface area contributed by atoms with Crippen molar-refractivity contribution in [3.05, 3.63) is 17.8 Å². The molecule has 0 radical (unpaired) electrons. The molecule has 1 aromatic rings. The van der Waals surface area contributed by atoms with Crippen LogP contribution >= 0.6 is 0 Å². The predicted octanol–water partition coefficient (Wildman–Crippen LogP) is 2.89. The number of alkyl halides is 3. The van der Waals surface area contributed by atoms with Gasteiger partial charge in [0, 0.05) is 25.8 Å². The van der Waals surface area contributed by atoms with E-state index in [2.05, 4.69) is 4.98 Å². The van der Waals surface area contributed by atoms with E-state index >= 15 is 0 Å². The van der Waals surface area contributed by atoms with Crippen LogP contribution in [0, 0.1) is 0 Å². The van der Waals surface area contributed by atoms with E-state index in [1.807, 2.05) is 0 Å². The van der Waals surface area contributed by atoms with Gasteiger partial charge >= 0.3 is 12.3 Å². The van der Waals surface area contributed by atoms with E-state index in [1.165, 1.54) is 9.80 Å². The summed E-state index contributed by atoms with van der Waals surface area (Å²) in [5, 5.41) is 0. The van der Waals surface area contributed by atoms with E-state index < -0.39 is 29.5 Å². The molecule has 154 valence electrons. The quantitative estimate of drug-likeness (QED) is 0.725. The van der Waals surface area contributed by atoms with Crippen molar-refractivity contribution in [1.82, 2.24) is 9.88 Å². The van der Waals surface area contributed by atoms with Crippen LogP contribution in [0.5, 0.6) is 0 Å². The van der Waals surface area contributed by atoms with Gasteiger partial charge in [-0.05, 0) is 33.8 Å². The Labute approximate surface area is 161 Å². The van der Waals surface area contributed by atoms with Gasteiger partial charge in [-0.3, -0.25) is 4.79 Å². The molecule has 1 fully saturated rings. The molecule has 7 nitrogen and oxygen atoms in total. The van der Waals surface area contributed by atoms with E-state index in [0.717, 1.165) is 12.3 Å². The third-order valence-corrected chi connectivity index (χ3v) is 4.64. The largest absolute Gasteiger partial charge is 0.444 e. The Balaban J connectivity index is 1.91. The van der Waals surface area contributed by atoms with E-state index in [1.54, 1.807) is 32.6 Å². The maximum atomic E-state index is 13.1. The summed E-state index contributed by atoms with van der Waals surface area (Å²) < 4.78 is 44.6. The first kappa shape index (κ1) is 20.2. The van der Waals surface area contributed by atoms with Crippen molar-refractivity contribution in [2.24, 2.45) is 0 Å². The molecule has 0 aromatic carbocycles. The fourth-order valence-corrected chi connectivity index (χ4v) is 3.39. The molecule has 0 bridgehead atoms. The second-order valence-corrected chi connectivity index (χ2v) is 7.78. The number of piperazine rings is 1. The van der Waals surface area contributed by atoms with Crippen molar-refractivity contribution in [3.63, 3.8) is 0 Å². The van der Waals surface area contributed by atoms with Gasteiger partial charge in [0.25, 0.3) is 5.91 Å². The average Bonchev–Trinajstić information content (AvgIpc) is 2.59. The summed E-state index contributed by atoms with van der Waals surface area (Å²) in [6.45, 7) is 7.80. The van der Waals surface area contributed by atoms with Crippen molar-refractivity contribution in [2.45, 2.75) is 45.5 Å². The molecule has 10 heteroatoms. The van der Waals surface area contributed by atoms with E-state index in [4.69, 9.17) is 4.74 Å². The Morgan fingerprint density at radius 2 is 1.96 bits per heavy atom. The number of aromatic nitrogens is 1. The minimum atomic E-state index is -4.54. The van der Waals surface area contributed by atoms with Gasteiger partial charge in [0.1, 0.15) is 11.6 Å². The number of ether oxygens (including phenoxy) is 1. The van der Waals surface area contributed by atoms with Gasteiger partial charge in [-0.25, -0.2) is 9.78 Å². The zero-order chi connectivity index (χ0) is 20.9. The maximum Gasteiger partial charge on any atom is 0.417 e. The van der Waals surface area contributed by atoms with Crippen molar-refractivity contribution in [2.75, 3.05) is 36.0 Å². The number of pyridine rings is 1. The molecule has 0 spiro atoms. The first-order valence-electron chi connectivity index (χ1n) is 9.05. The van der Waals surface area contributed by atoms with E-state index in [0.29, 0.717) is 5.82 Å². The third kappa shape index (κ3) is 3.72. The zero-order valence-corrected chi connectivity index (χ0v) is 16.2. The van der Waals surface area contributed by atoms with Crippen LogP contribution in [0.15, 0.2) is 12.3 Å². The van der Waals surface area contributed by atoms with Gasteiger partial charge in [-0.2, -0.15) is 13.2 Å². The number of carbonyl (C=O) groups is 2. The highest BCUT2D eigenvalue weighted by atomic mass is 19.4. The summed E-state index contributed by atoms with van der Waals surface area (Å²) in [5.74, 6) is -0.0346. The number of likely N-dealkylation sites (N-methyl/N-ethyl adjacent to an activating group) is 1. The molecule has 0 aliphatic carbocycles. The lowest BCUT2D eigenvalue weighted by Gasteiger charge is -2.47. The summed E-state index contributed by atoms with van der Waals surface area (Å²) in [5.41, 5.74) is -1.42. The second-order valence-electron chi connectivity index (χ2n) is 7.78. The summed E-state index contributed by atoms with van der Waals surface area (Å²) in [4.78, 5) is 33.8. The second kappa shape index (κ2) is 6.82. The fraction of sp³-hybridized carbons (Fsp3) is 0.611. The Morgan fingerprint density at radius 3 is 2.54 bits per heavy atom. The summed E-state index contributed by atoms with van der Waals surface area (Å²) in [6, 6.07) is 0.248. The van der Waals surface area contributed by atoms with Crippen molar-refractivity contribution >= 4 is 23.5 Å². The first-order chi connectivity index (χ1) is 12.9. The minimum absolute atomic E-state index is 0.0897. The number of halogens is 3. The van der Waals surface area contributed by atoms with Gasteiger partial charge in [0.05, 0.1) is 17.8 Å². The highest BCUT2D eigenvalue weighted by molar-refractivity contribution is 6.05. The Morgan fingerprint density at radius 1 is 1.29 bits per heavy atom. The lowest BCUT2D eigenvalue weighted by molar-refractivity contribution is -0.138. The van der Waals surface area contributed by atoms with Crippen LogP contribution in [-0.4, -0.2) is 59.7 Å². The first-order valence-corrected chi connectivity index (χ1v) is 9.05. The van der Waals surface area contributed by atoms with Gasteiger partial charge in [-0.1, -0.05) is 0 Å². The Bertz CT molecular complexity index is 791. The van der Waals surface area contributed by atoms with Crippen LogP contribution in [-0.2, 0) is 15.7 Å². The molecule has 28 heavy (non-hydrogen) atoms. The van der Waals surface area contributed by atoms with Gasteiger partial charge < -0.3 is 19.4 Å². The molecule has 0 N–H and O–H groups in total. The Kier molecular flexibility index (Phi) is 4.93. The molecule has 0 unspecified atom stereocenters. The topological polar surface area (TPSA) is 66.0 Å². The number of fused-ring (bicyclic) bond motifs is 3. The molecular formula is C18H23F3N4O3. The zero-order valence-electron chi connectivity index (χ0n) is 16.2. The Hall–Kier alpha value is -2.52. The van der Waals surface area contributed by atoms with Crippen LogP contribution in [0.4, 0.5) is 29.5 Å². The SMILES string of the molecule is CCN1C(=O)[C@@H]2CN(C(=O)OC(C)(C)C)CCN2c2ncc(C(F)(F)F)cc21. The monoisotopic (exact) mass is 400 g/mol. The summed E-state index contributed by atoms with van der Waals surface area (Å²) in [7, 11) is 0. The highest BCUT2D eigenvalue weighted by Crippen LogP contribution is 2.39. The van der Waals surface area contributed by atoms with Crippen molar-refractivity contribution < 1.29 is 27.5 Å². The molecule has 3 rings (SSSR count). The normalized spacial score (nSPS) is 20.0. The third-order valence-electron chi connectivity index (χ3n) is 4.64. The molecule has 2 amide bonds. The van der Waals surface area contributed by atoms with E-state index in [-0.39, 0.29) is 37.8 Å². The maximum absolute atomic E-state index is 13.1. The molecular weight excluding hydrogens is 377 g/mol. The number of anilines is 2. The van der Waals surface area contributed by atoms with Gasteiger partial charge in [-0.15, -0.1) is 0 Å². The van der Waals surface area contributed by atoms with Gasteiger partial charge in [0.2, 0.25) is 0 Å². The van der Waals surface area contributed by atoms with Crippen LogP contribution in [0.3, 0.4) is 0 Å². The smallest absolute Gasteiger partial charge is 0.417 e. The number of rotatable bonds is 1. The van der Waals surface area contributed by atoms with Gasteiger partial charge in [0.15, 0.2) is 5.82 Å². The lowest BCUT2D eigenvalue weighted by Crippen LogP contribution is -2.64. The molecule has 1 saturated heterocycles. The molecule has 1 aromatic heterocycles. The average molecular weight is 400 g/mol. The molecule has 3 heterocycles. The molecule has 2 aliphatic rings. The minimum Gasteiger partial charge on any atom is -0.444 e. The van der Waals surface area contributed by atoms with Crippen molar-refractivity contribution in [3.8, 4) is 0 Å². The predicted molar refractivity (Wildman–Crippen MR) is 96.2 cm³/mol.